The molecule has 1 amide bonds. The molecule has 0 saturated carbocycles. The summed E-state index contributed by atoms with van der Waals surface area (Å²) in [4.78, 5) is 21.6. The second kappa shape index (κ2) is 6.17. The Morgan fingerprint density at radius 1 is 1.43 bits per heavy atom. The fourth-order valence-electron chi connectivity index (χ4n) is 2.15. The van der Waals surface area contributed by atoms with Crippen LogP contribution in [-0.4, -0.2) is 20.6 Å². The SMILES string of the molecule is CCc1cccc(CCn2ncc(C(N)=O)c2[N+](=O)[O-])c1. The zero-order valence-corrected chi connectivity index (χ0v) is 11.7. The lowest BCUT2D eigenvalue weighted by molar-refractivity contribution is -0.392. The highest BCUT2D eigenvalue weighted by Crippen LogP contribution is 2.18. The third kappa shape index (κ3) is 3.25. The monoisotopic (exact) mass is 288 g/mol. The van der Waals surface area contributed by atoms with Crippen LogP contribution in [0.1, 0.15) is 28.4 Å². The number of nitrogens with zero attached hydrogens (tertiary/aromatic N) is 3. The molecule has 1 aromatic heterocycles. The first-order valence-electron chi connectivity index (χ1n) is 6.60. The molecule has 2 rings (SSSR count). The Kier molecular flexibility index (Phi) is 4.32. The molecule has 0 unspecified atom stereocenters. The maximum Gasteiger partial charge on any atom is 0.357 e. The molecule has 110 valence electrons. The Hall–Kier alpha value is -2.70. The van der Waals surface area contributed by atoms with Crippen molar-refractivity contribution in [3.8, 4) is 0 Å². The van der Waals surface area contributed by atoms with E-state index < -0.39 is 10.8 Å². The molecule has 0 aliphatic rings. The van der Waals surface area contributed by atoms with Gasteiger partial charge in [0.05, 0.1) is 6.20 Å². The molecule has 0 radical (unpaired) electrons. The third-order valence-electron chi connectivity index (χ3n) is 3.26. The van der Waals surface area contributed by atoms with Gasteiger partial charge in [-0.2, -0.15) is 0 Å². The number of aromatic nitrogens is 2. The Bertz CT molecular complexity index is 679. The van der Waals surface area contributed by atoms with Gasteiger partial charge in [-0.3, -0.25) is 4.79 Å². The van der Waals surface area contributed by atoms with E-state index in [0.717, 1.165) is 18.2 Å². The molecular formula is C14H16N4O3. The van der Waals surface area contributed by atoms with Gasteiger partial charge in [-0.15, -0.1) is 4.68 Å². The van der Waals surface area contributed by atoms with Gasteiger partial charge in [0.2, 0.25) is 0 Å². The molecule has 0 aliphatic heterocycles. The van der Waals surface area contributed by atoms with E-state index in [-0.39, 0.29) is 11.4 Å². The second-order valence-corrected chi connectivity index (χ2v) is 4.65. The molecule has 21 heavy (non-hydrogen) atoms. The van der Waals surface area contributed by atoms with Crippen LogP contribution in [0, 0.1) is 10.1 Å². The average Bonchev–Trinajstić information content (AvgIpc) is 2.89. The van der Waals surface area contributed by atoms with Crippen molar-refractivity contribution >= 4 is 11.7 Å². The fraction of sp³-hybridized carbons (Fsp3) is 0.286. The predicted molar refractivity (Wildman–Crippen MR) is 76.9 cm³/mol. The first-order chi connectivity index (χ1) is 10.0. The highest BCUT2D eigenvalue weighted by Gasteiger charge is 2.25. The maximum absolute atomic E-state index is 11.2. The minimum Gasteiger partial charge on any atom is -0.365 e. The molecule has 1 aromatic carbocycles. The van der Waals surface area contributed by atoms with Gasteiger partial charge in [0.25, 0.3) is 5.91 Å². The van der Waals surface area contributed by atoms with Gasteiger partial charge >= 0.3 is 5.82 Å². The van der Waals surface area contributed by atoms with E-state index in [0.29, 0.717) is 13.0 Å². The van der Waals surface area contributed by atoms with Crippen molar-refractivity contribution in [2.45, 2.75) is 26.3 Å². The first kappa shape index (κ1) is 14.7. The first-order valence-corrected chi connectivity index (χ1v) is 6.60. The number of hydrogen-bond acceptors (Lipinski definition) is 4. The van der Waals surface area contributed by atoms with E-state index in [1.807, 2.05) is 18.2 Å². The van der Waals surface area contributed by atoms with Crippen molar-refractivity contribution in [2.24, 2.45) is 5.73 Å². The van der Waals surface area contributed by atoms with E-state index in [1.54, 1.807) is 0 Å². The van der Waals surface area contributed by atoms with Crippen LogP contribution in [0.5, 0.6) is 0 Å². The van der Waals surface area contributed by atoms with Crippen LogP contribution in [-0.2, 0) is 19.4 Å². The van der Waals surface area contributed by atoms with E-state index in [2.05, 4.69) is 18.1 Å². The summed E-state index contributed by atoms with van der Waals surface area (Å²) in [6.07, 6.45) is 2.67. The molecule has 7 heteroatoms. The Labute approximate surface area is 121 Å². The minimum absolute atomic E-state index is 0.165. The lowest BCUT2D eigenvalue weighted by Gasteiger charge is -2.03. The van der Waals surface area contributed by atoms with E-state index in [9.17, 15) is 14.9 Å². The van der Waals surface area contributed by atoms with E-state index in [1.165, 1.54) is 10.2 Å². The largest absolute Gasteiger partial charge is 0.365 e. The highest BCUT2D eigenvalue weighted by atomic mass is 16.6. The number of carbonyl (C=O) groups is 1. The number of benzene rings is 1. The topological polar surface area (TPSA) is 104 Å². The van der Waals surface area contributed by atoms with Crippen molar-refractivity contribution in [2.75, 3.05) is 0 Å². The van der Waals surface area contributed by atoms with Gasteiger partial charge in [0, 0.05) is 6.42 Å². The van der Waals surface area contributed by atoms with Crippen LogP contribution in [0.2, 0.25) is 0 Å². The van der Waals surface area contributed by atoms with Gasteiger partial charge in [-0.05, 0) is 22.5 Å². The zero-order valence-electron chi connectivity index (χ0n) is 11.7. The second-order valence-electron chi connectivity index (χ2n) is 4.65. The molecule has 0 saturated heterocycles. The summed E-state index contributed by atoms with van der Waals surface area (Å²) in [5.74, 6) is -1.20. The summed E-state index contributed by atoms with van der Waals surface area (Å²) in [6.45, 7) is 2.38. The molecule has 0 bridgehead atoms. The summed E-state index contributed by atoms with van der Waals surface area (Å²) >= 11 is 0. The molecular weight excluding hydrogens is 272 g/mol. The van der Waals surface area contributed by atoms with Gasteiger partial charge in [0.1, 0.15) is 6.54 Å². The number of nitro groups is 1. The number of carbonyl (C=O) groups excluding carboxylic acids is 1. The Morgan fingerprint density at radius 2 is 2.14 bits per heavy atom. The molecule has 7 nitrogen and oxygen atoms in total. The summed E-state index contributed by atoms with van der Waals surface area (Å²) < 4.78 is 1.21. The van der Waals surface area contributed by atoms with E-state index in [4.69, 9.17) is 5.73 Å². The Balaban J connectivity index is 2.20. The summed E-state index contributed by atoms with van der Waals surface area (Å²) in [5.41, 5.74) is 7.23. The summed E-state index contributed by atoms with van der Waals surface area (Å²) in [7, 11) is 0. The number of amides is 1. The highest BCUT2D eigenvalue weighted by molar-refractivity contribution is 5.96. The molecule has 0 aliphatic carbocycles. The van der Waals surface area contributed by atoms with Gasteiger partial charge < -0.3 is 15.8 Å². The van der Waals surface area contributed by atoms with E-state index >= 15 is 0 Å². The quantitative estimate of drug-likeness (QED) is 0.645. The van der Waals surface area contributed by atoms with Crippen LogP contribution in [0.3, 0.4) is 0 Å². The average molecular weight is 288 g/mol. The fourth-order valence-corrected chi connectivity index (χ4v) is 2.15. The van der Waals surface area contributed by atoms with Gasteiger partial charge in [0.15, 0.2) is 5.56 Å². The number of aryl methyl sites for hydroxylation is 3. The van der Waals surface area contributed by atoms with Crippen molar-refractivity contribution in [3.63, 3.8) is 0 Å². The Morgan fingerprint density at radius 3 is 2.76 bits per heavy atom. The third-order valence-corrected chi connectivity index (χ3v) is 3.26. The van der Waals surface area contributed by atoms with Crippen LogP contribution < -0.4 is 5.73 Å². The van der Waals surface area contributed by atoms with Crippen molar-refractivity contribution in [3.05, 3.63) is 57.3 Å². The molecule has 0 fully saturated rings. The molecule has 2 N–H and O–H groups in total. The predicted octanol–water partition coefficient (Wildman–Crippen LogP) is 1.70. The molecule has 0 atom stereocenters. The lowest BCUT2D eigenvalue weighted by Crippen LogP contribution is -2.14. The van der Waals surface area contributed by atoms with Crippen LogP contribution in [0.25, 0.3) is 0 Å². The van der Waals surface area contributed by atoms with Crippen molar-refractivity contribution in [1.29, 1.82) is 0 Å². The van der Waals surface area contributed by atoms with Gasteiger partial charge in [-0.25, -0.2) is 0 Å². The van der Waals surface area contributed by atoms with Crippen LogP contribution >= 0.6 is 0 Å². The minimum atomic E-state index is -0.846. The normalized spacial score (nSPS) is 10.5. The molecule has 2 aromatic rings. The summed E-state index contributed by atoms with van der Waals surface area (Å²) in [6, 6.07) is 8.01. The number of nitrogens with two attached hydrogens (primary N) is 1. The molecule has 1 heterocycles. The van der Waals surface area contributed by atoms with Gasteiger partial charge in [-0.1, -0.05) is 36.3 Å². The van der Waals surface area contributed by atoms with Crippen molar-refractivity contribution in [1.82, 2.24) is 9.78 Å². The lowest BCUT2D eigenvalue weighted by atomic mass is 10.1. The number of rotatable bonds is 6. The number of hydrogen-bond donors (Lipinski definition) is 1. The van der Waals surface area contributed by atoms with Crippen LogP contribution in [0.4, 0.5) is 5.82 Å². The van der Waals surface area contributed by atoms with Crippen LogP contribution in [0.15, 0.2) is 30.5 Å². The molecule has 0 spiro atoms. The number of primary amides is 1. The summed E-state index contributed by atoms with van der Waals surface area (Å²) in [5, 5.41) is 14.9. The standard InChI is InChI=1S/C14H16N4O3/c1-2-10-4-3-5-11(8-10)6-7-17-14(18(20)21)12(9-16-17)13(15)19/h3-5,8-9H,2,6-7H2,1H3,(H2,15,19). The smallest absolute Gasteiger partial charge is 0.357 e. The maximum atomic E-state index is 11.2. The van der Waals surface area contributed by atoms with Crippen molar-refractivity contribution < 1.29 is 9.72 Å². The zero-order chi connectivity index (χ0) is 15.4.